The van der Waals surface area contributed by atoms with Gasteiger partial charge in [-0.2, -0.15) is 0 Å². The molecule has 0 fully saturated rings. The Balaban J connectivity index is 2.77. The lowest BCUT2D eigenvalue weighted by Crippen LogP contribution is -2.55. The molecule has 1 aromatic heterocycles. The second-order valence-corrected chi connectivity index (χ2v) is 5.71. The van der Waals surface area contributed by atoms with E-state index in [0.717, 1.165) is 0 Å². The lowest BCUT2D eigenvalue weighted by Gasteiger charge is -2.38. The van der Waals surface area contributed by atoms with E-state index in [2.05, 4.69) is 10.1 Å². The number of rotatable bonds is 5. The summed E-state index contributed by atoms with van der Waals surface area (Å²) in [5, 5.41) is 13.3. The summed E-state index contributed by atoms with van der Waals surface area (Å²) in [5.74, 6) is 0.759. The van der Waals surface area contributed by atoms with Gasteiger partial charge in [-0.05, 0) is 40.7 Å². The highest BCUT2D eigenvalue weighted by atomic mass is 16.5. The lowest BCUT2D eigenvalue weighted by molar-refractivity contribution is -0.00604. The predicted octanol–water partition coefficient (Wildman–Crippen LogP) is 2.01. The first-order valence-electron chi connectivity index (χ1n) is 6.23. The van der Waals surface area contributed by atoms with Crippen LogP contribution in [-0.2, 0) is 11.3 Å². The van der Waals surface area contributed by atoms with Crippen molar-refractivity contribution in [2.45, 2.75) is 52.3 Å². The molecule has 0 atom stereocenters. The molecular formula is C14H23NO4. The number of methoxy groups -OCH3 is 1. The molecule has 0 amide bonds. The van der Waals surface area contributed by atoms with Crippen LogP contribution in [0.15, 0.2) is 10.5 Å². The van der Waals surface area contributed by atoms with E-state index >= 15 is 0 Å². The number of carbonyl (C=O) groups excluding carboxylic acids is 1. The number of ether oxygens (including phenoxy) is 1. The maximum atomic E-state index is 11.5. The molecule has 0 aliphatic carbocycles. The van der Waals surface area contributed by atoms with Gasteiger partial charge < -0.3 is 19.6 Å². The number of hydrogen-bond acceptors (Lipinski definition) is 5. The van der Waals surface area contributed by atoms with Crippen molar-refractivity contribution >= 4 is 5.97 Å². The van der Waals surface area contributed by atoms with Crippen molar-refractivity contribution in [2.75, 3.05) is 7.11 Å². The molecule has 0 radical (unpaired) electrons. The molecule has 0 aliphatic heterocycles. The number of esters is 1. The molecule has 1 aromatic rings. The van der Waals surface area contributed by atoms with Crippen LogP contribution in [0.2, 0.25) is 0 Å². The molecule has 0 aromatic carbocycles. The van der Waals surface area contributed by atoms with Crippen molar-refractivity contribution < 1.29 is 19.1 Å². The summed E-state index contributed by atoms with van der Waals surface area (Å²) in [7, 11) is 1.34. The van der Waals surface area contributed by atoms with Crippen LogP contribution in [0.4, 0.5) is 0 Å². The fraction of sp³-hybridized carbons (Fsp3) is 0.643. The minimum Gasteiger partial charge on any atom is -0.465 e. The number of aryl methyl sites for hydroxylation is 1. The van der Waals surface area contributed by atoms with E-state index in [4.69, 9.17) is 4.42 Å². The number of nitrogens with one attached hydrogen (secondary N) is 1. The van der Waals surface area contributed by atoms with Gasteiger partial charge in [0.15, 0.2) is 0 Å². The van der Waals surface area contributed by atoms with Crippen LogP contribution in [0.1, 0.15) is 49.6 Å². The molecule has 19 heavy (non-hydrogen) atoms. The summed E-state index contributed by atoms with van der Waals surface area (Å²) in [6.07, 6.45) is 0. The Morgan fingerprint density at radius 1 is 1.42 bits per heavy atom. The summed E-state index contributed by atoms with van der Waals surface area (Å²) in [4.78, 5) is 11.5. The van der Waals surface area contributed by atoms with Gasteiger partial charge in [-0.15, -0.1) is 0 Å². The number of hydrogen-bond donors (Lipinski definition) is 2. The van der Waals surface area contributed by atoms with Gasteiger partial charge in [0.05, 0.1) is 19.3 Å². The average molecular weight is 269 g/mol. The first-order chi connectivity index (χ1) is 8.58. The molecule has 0 unspecified atom stereocenters. The minimum atomic E-state index is -0.875. The van der Waals surface area contributed by atoms with Crippen LogP contribution in [0.25, 0.3) is 0 Å². The fourth-order valence-electron chi connectivity index (χ4n) is 1.47. The van der Waals surface area contributed by atoms with E-state index in [1.165, 1.54) is 7.11 Å². The van der Waals surface area contributed by atoms with E-state index in [-0.39, 0.29) is 0 Å². The van der Waals surface area contributed by atoms with E-state index in [9.17, 15) is 9.90 Å². The smallest absolute Gasteiger partial charge is 0.341 e. The molecule has 108 valence electrons. The normalized spacial score (nSPS) is 12.6. The molecule has 0 aliphatic rings. The van der Waals surface area contributed by atoms with Gasteiger partial charge in [-0.25, -0.2) is 4.79 Å². The monoisotopic (exact) mass is 269 g/mol. The highest BCUT2D eigenvalue weighted by molar-refractivity contribution is 5.90. The van der Waals surface area contributed by atoms with Crippen LogP contribution in [0.5, 0.6) is 0 Å². The van der Waals surface area contributed by atoms with Gasteiger partial charge in [-0.1, -0.05) is 0 Å². The van der Waals surface area contributed by atoms with Gasteiger partial charge >= 0.3 is 5.97 Å². The quantitative estimate of drug-likeness (QED) is 0.800. The van der Waals surface area contributed by atoms with E-state index < -0.39 is 17.1 Å². The first-order valence-corrected chi connectivity index (χ1v) is 6.23. The van der Waals surface area contributed by atoms with Crippen LogP contribution in [0, 0.1) is 6.92 Å². The van der Waals surface area contributed by atoms with Crippen molar-refractivity contribution in [1.82, 2.24) is 5.32 Å². The molecule has 5 nitrogen and oxygen atoms in total. The van der Waals surface area contributed by atoms with Crippen LogP contribution >= 0.6 is 0 Å². The predicted molar refractivity (Wildman–Crippen MR) is 72.0 cm³/mol. The van der Waals surface area contributed by atoms with Gasteiger partial charge in [0.2, 0.25) is 0 Å². The number of carbonyl (C=O) groups is 1. The third-order valence-corrected chi connectivity index (χ3v) is 3.61. The van der Waals surface area contributed by atoms with Crippen molar-refractivity contribution in [1.29, 1.82) is 0 Å². The molecule has 1 heterocycles. The summed E-state index contributed by atoms with van der Waals surface area (Å²) in [6, 6.07) is 1.66. The molecule has 0 spiro atoms. The van der Waals surface area contributed by atoms with E-state index in [0.29, 0.717) is 23.6 Å². The van der Waals surface area contributed by atoms with E-state index in [1.54, 1.807) is 26.8 Å². The van der Waals surface area contributed by atoms with Gasteiger partial charge in [0, 0.05) is 5.54 Å². The van der Waals surface area contributed by atoms with Crippen molar-refractivity contribution in [2.24, 2.45) is 0 Å². The highest BCUT2D eigenvalue weighted by Gasteiger charge is 2.34. The SMILES string of the molecule is COC(=O)c1cc(CNC(C)(C)C(C)(C)O)oc1C. The van der Waals surface area contributed by atoms with Crippen molar-refractivity contribution in [3.63, 3.8) is 0 Å². The second kappa shape index (κ2) is 5.35. The molecule has 0 saturated carbocycles. The Kier molecular flexibility index (Phi) is 4.43. The zero-order valence-electron chi connectivity index (χ0n) is 12.5. The molecule has 0 bridgehead atoms. The van der Waals surface area contributed by atoms with Crippen LogP contribution in [0.3, 0.4) is 0 Å². The Morgan fingerprint density at radius 2 is 2.00 bits per heavy atom. The maximum absolute atomic E-state index is 11.5. The Labute approximate surface area is 113 Å². The van der Waals surface area contributed by atoms with Gasteiger partial charge in [0.25, 0.3) is 0 Å². The third-order valence-electron chi connectivity index (χ3n) is 3.61. The highest BCUT2D eigenvalue weighted by Crippen LogP contribution is 2.22. The molecular weight excluding hydrogens is 246 g/mol. The zero-order valence-corrected chi connectivity index (χ0v) is 12.5. The Morgan fingerprint density at radius 3 is 2.47 bits per heavy atom. The Hall–Kier alpha value is -1.33. The number of aliphatic hydroxyl groups is 1. The molecule has 5 heteroatoms. The standard InChI is InChI=1S/C14H23NO4/c1-9-11(12(16)18-6)7-10(19-9)8-15-13(2,3)14(4,5)17/h7,15,17H,8H2,1-6H3. The lowest BCUT2D eigenvalue weighted by atomic mass is 9.86. The van der Waals surface area contributed by atoms with Gasteiger partial charge in [0.1, 0.15) is 17.1 Å². The van der Waals surface area contributed by atoms with Crippen molar-refractivity contribution in [3.05, 3.63) is 23.2 Å². The summed E-state index contributed by atoms with van der Waals surface area (Å²) in [6.45, 7) is 9.44. The first kappa shape index (κ1) is 15.7. The maximum Gasteiger partial charge on any atom is 0.341 e. The zero-order chi connectivity index (χ0) is 14.8. The van der Waals surface area contributed by atoms with E-state index in [1.807, 2.05) is 13.8 Å². The third kappa shape index (κ3) is 3.58. The molecule has 1 rings (SSSR count). The van der Waals surface area contributed by atoms with Crippen molar-refractivity contribution in [3.8, 4) is 0 Å². The largest absolute Gasteiger partial charge is 0.465 e. The van der Waals surface area contributed by atoms with Crippen LogP contribution in [-0.4, -0.2) is 29.3 Å². The average Bonchev–Trinajstić information content (AvgIpc) is 2.65. The van der Waals surface area contributed by atoms with Crippen LogP contribution < -0.4 is 5.32 Å². The molecule has 0 saturated heterocycles. The number of furan rings is 1. The summed E-state index contributed by atoms with van der Waals surface area (Å²) >= 11 is 0. The topological polar surface area (TPSA) is 71.7 Å². The second-order valence-electron chi connectivity index (χ2n) is 5.71. The minimum absolute atomic E-state index is 0.408. The molecule has 2 N–H and O–H groups in total. The van der Waals surface area contributed by atoms with Gasteiger partial charge in [-0.3, -0.25) is 0 Å². The fourth-order valence-corrected chi connectivity index (χ4v) is 1.47. The summed E-state index contributed by atoms with van der Waals surface area (Å²) in [5.41, 5.74) is -0.931. The Bertz CT molecular complexity index is 455. The summed E-state index contributed by atoms with van der Waals surface area (Å²) < 4.78 is 10.2.